The topological polar surface area (TPSA) is 38.8 Å². The lowest BCUT2D eigenvalue weighted by molar-refractivity contribution is -0.134. The third-order valence-corrected chi connectivity index (χ3v) is 4.40. The molecule has 4 nitrogen and oxygen atoms in total. The van der Waals surface area contributed by atoms with Crippen molar-refractivity contribution in [1.82, 2.24) is 4.90 Å². The van der Waals surface area contributed by atoms with E-state index < -0.39 is 0 Å². The number of likely N-dealkylation sites (tertiary alicyclic amines) is 1. The molecule has 2 aromatic carbocycles. The highest BCUT2D eigenvalue weighted by Crippen LogP contribution is 2.33. The summed E-state index contributed by atoms with van der Waals surface area (Å²) in [4.78, 5) is 14.5. The second-order valence-corrected chi connectivity index (χ2v) is 6.13. The maximum Gasteiger partial charge on any atom is 0.261 e. The zero-order chi connectivity index (χ0) is 16.9. The van der Waals surface area contributed by atoms with Gasteiger partial charge in [-0.25, -0.2) is 0 Å². The van der Waals surface area contributed by atoms with E-state index in [-0.39, 0.29) is 18.6 Å². The summed E-state index contributed by atoms with van der Waals surface area (Å²) in [5.74, 6) is 1.59. The summed E-state index contributed by atoms with van der Waals surface area (Å²) < 4.78 is 11.0. The van der Waals surface area contributed by atoms with E-state index in [0.29, 0.717) is 0 Å². The summed E-state index contributed by atoms with van der Waals surface area (Å²) in [5, 5.41) is 0. The van der Waals surface area contributed by atoms with Crippen molar-refractivity contribution in [3.05, 3.63) is 59.7 Å². The van der Waals surface area contributed by atoms with Crippen molar-refractivity contribution >= 4 is 5.91 Å². The molecule has 126 valence electrons. The fourth-order valence-corrected chi connectivity index (χ4v) is 3.19. The highest BCUT2D eigenvalue weighted by molar-refractivity contribution is 5.78. The summed E-state index contributed by atoms with van der Waals surface area (Å²) in [7, 11) is 1.66. The Hall–Kier alpha value is -2.49. The molecule has 24 heavy (non-hydrogen) atoms. The van der Waals surface area contributed by atoms with Crippen LogP contribution in [0, 0.1) is 6.92 Å². The van der Waals surface area contributed by atoms with Gasteiger partial charge < -0.3 is 14.4 Å². The monoisotopic (exact) mass is 325 g/mol. The fourth-order valence-electron chi connectivity index (χ4n) is 3.19. The van der Waals surface area contributed by atoms with E-state index >= 15 is 0 Å². The van der Waals surface area contributed by atoms with Crippen molar-refractivity contribution in [2.75, 3.05) is 20.3 Å². The quantitative estimate of drug-likeness (QED) is 0.840. The van der Waals surface area contributed by atoms with E-state index in [1.165, 1.54) is 0 Å². The third kappa shape index (κ3) is 3.70. The lowest BCUT2D eigenvalue weighted by Gasteiger charge is -2.25. The number of hydrogen-bond acceptors (Lipinski definition) is 3. The SMILES string of the molecule is COc1cccc(C2CCCN2C(=O)COc2cccc(C)c2)c1. The van der Waals surface area contributed by atoms with Crippen LogP contribution in [0.1, 0.15) is 30.0 Å². The van der Waals surface area contributed by atoms with Gasteiger partial charge in [0.2, 0.25) is 0 Å². The molecule has 1 unspecified atom stereocenters. The van der Waals surface area contributed by atoms with Crippen LogP contribution in [0.4, 0.5) is 0 Å². The van der Waals surface area contributed by atoms with Crippen molar-refractivity contribution in [3.8, 4) is 11.5 Å². The zero-order valence-electron chi connectivity index (χ0n) is 14.2. The van der Waals surface area contributed by atoms with Gasteiger partial charge in [0.15, 0.2) is 6.61 Å². The Morgan fingerprint density at radius 3 is 2.75 bits per heavy atom. The summed E-state index contributed by atoms with van der Waals surface area (Å²) in [5.41, 5.74) is 2.24. The molecule has 1 aliphatic rings. The largest absolute Gasteiger partial charge is 0.497 e. The van der Waals surface area contributed by atoms with Gasteiger partial charge in [0.1, 0.15) is 11.5 Å². The van der Waals surface area contributed by atoms with Crippen LogP contribution >= 0.6 is 0 Å². The van der Waals surface area contributed by atoms with Gasteiger partial charge in [0, 0.05) is 6.54 Å². The highest BCUT2D eigenvalue weighted by atomic mass is 16.5. The smallest absolute Gasteiger partial charge is 0.261 e. The number of rotatable bonds is 5. The van der Waals surface area contributed by atoms with Gasteiger partial charge in [-0.2, -0.15) is 0 Å². The van der Waals surface area contributed by atoms with Crippen LogP contribution in [0.5, 0.6) is 11.5 Å². The minimum atomic E-state index is 0.0295. The first-order chi connectivity index (χ1) is 11.7. The molecule has 0 spiro atoms. The molecule has 0 radical (unpaired) electrons. The minimum Gasteiger partial charge on any atom is -0.497 e. The molecule has 0 aromatic heterocycles. The van der Waals surface area contributed by atoms with Crippen LogP contribution in [-0.4, -0.2) is 31.1 Å². The number of nitrogens with zero attached hydrogens (tertiary/aromatic N) is 1. The Morgan fingerprint density at radius 1 is 1.17 bits per heavy atom. The van der Waals surface area contributed by atoms with E-state index in [9.17, 15) is 4.79 Å². The number of ether oxygens (including phenoxy) is 2. The average Bonchev–Trinajstić information content (AvgIpc) is 3.09. The van der Waals surface area contributed by atoms with Crippen LogP contribution < -0.4 is 9.47 Å². The van der Waals surface area contributed by atoms with Crippen molar-refractivity contribution < 1.29 is 14.3 Å². The minimum absolute atomic E-state index is 0.0295. The Balaban J connectivity index is 1.67. The molecule has 0 saturated carbocycles. The van der Waals surface area contributed by atoms with E-state index in [0.717, 1.165) is 42.0 Å². The summed E-state index contributed by atoms with van der Waals surface area (Å²) in [6.07, 6.45) is 1.99. The van der Waals surface area contributed by atoms with Gasteiger partial charge in [-0.1, -0.05) is 24.3 Å². The van der Waals surface area contributed by atoms with Gasteiger partial charge in [-0.3, -0.25) is 4.79 Å². The summed E-state index contributed by atoms with van der Waals surface area (Å²) >= 11 is 0. The van der Waals surface area contributed by atoms with E-state index in [2.05, 4.69) is 6.07 Å². The molecular weight excluding hydrogens is 302 g/mol. The zero-order valence-corrected chi connectivity index (χ0v) is 14.2. The highest BCUT2D eigenvalue weighted by Gasteiger charge is 2.30. The van der Waals surface area contributed by atoms with Crippen molar-refractivity contribution in [2.24, 2.45) is 0 Å². The van der Waals surface area contributed by atoms with Crippen LogP contribution in [-0.2, 0) is 4.79 Å². The summed E-state index contributed by atoms with van der Waals surface area (Å²) in [6, 6.07) is 15.8. The van der Waals surface area contributed by atoms with Crippen LogP contribution in [0.15, 0.2) is 48.5 Å². The van der Waals surface area contributed by atoms with Crippen LogP contribution in [0.3, 0.4) is 0 Å². The molecule has 1 saturated heterocycles. The Kier molecular flexibility index (Phi) is 5.04. The Labute approximate surface area is 143 Å². The molecule has 2 aromatic rings. The van der Waals surface area contributed by atoms with Crippen molar-refractivity contribution in [1.29, 1.82) is 0 Å². The van der Waals surface area contributed by atoms with Gasteiger partial charge >= 0.3 is 0 Å². The molecule has 1 atom stereocenters. The van der Waals surface area contributed by atoms with Gasteiger partial charge in [0.05, 0.1) is 13.2 Å². The number of benzene rings is 2. The first kappa shape index (κ1) is 16.4. The number of hydrogen-bond donors (Lipinski definition) is 0. The first-order valence-corrected chi connectivity index (χ1v) is 8.30. The maximum atomic E-state index is 12.6. The van der Waals surface area contributed by atoms with E-state index in [1.807, 2.05) is 54.3 Å². The van der Waals surface area contributed by atoms with Crippen molar-refractivity contribution in [3.63, 3.8) is 0 Å². The molecule has 0 N–H and O–H groups in total. The van der Waals surface area contributed by atoms with Crippen LogP contribution in [0.2, 0.25) is 0 Å². The molecule has 1 fully saturated rings. The van der Waals surface area contributed by atoms with Gasteiger partial charge in [-0.15, -0.1) is 0 Å². The molecule has 1 heterocycles. The second-order valence-electron chi connectivity index (χ2n) is 6.13. The maximum absolute atomic E-state index is 12.6. The average molecular weight is 325 g/mol. The molecule has 4 heteroatoms. The summed E-state index contributed by atoms with van der Waals surface area (Å²) in [6.45, 7) is 2.86. The molecule has 1 aliphatic heterocycles. The lowest BCUT2D eigenvalue weighted by atomic mass is 10.0. The molecule has 0 bridgehead atoms. The number of amides is 1. The molecular formula is C20H23NO3. The number of methoxy groups -OCH3 is 1. The van der Waals surface area contributed by atoms with E-state index in [1.54, 1.807) is 7.11 Å². The predicted octanol–water partition coefficient (Wildman–Crippen LogP) is 3.75. The molecule has 1 amide bonds. The Morgan fingerprint density at radius 2 is 1.96 bits per heavy atom. The van der Waals surface area contributed by atoms with Crippen molar-refractivity contribution in [2.45, 2.75) is 25.8 Å². The predicted molar refractivity (Wildman–Crippen MR) is 93.4 cm³/mol. The van der Waals surface area contributed by atoms with E-state index in [4.69, 9.17) is 9.47 Å². The van der Waals surface area contributed by atoms with Gasteiger partial charge in [0.25, 0.3) is 5.91 Å². The number of carbonyl (C=O) groups excluding carboxylic acids is 1. The molecule has 3 rings (SSSR count). The second kappa shape index (κ2) is 7.39. The Bertz CT molecular complexity index is 714. The van der Waals surface area contributed by atoms with Gasteiger partial charge in [-0.05, 0) is 55.2 Å². The number of aryl methyl sites for hydroxylation is 1. The standard InChI is InChI=1S/C20H23NO3/c1-15-6-3-9-18(12-15)24-14-20(22)21-11-5-10-19(21)16-7-4-8-17(13-16)23-2/h3-4,6-9,12-13,19H,5,10-11,14H2,1-2H3. The number of carbonyl (C=O) groups is 1. The first-order valence-electron chi connectivity index (χ1n) is 8.30. The molecule has 0 aliphatic carbocycles. The third-order valence-electron chi connectivity index (χ3n) is 4.40. The normalized spacial score (nSPS) is 16.9. The fraction of sp³-hybridized carbons (Fsp3) is 0.350. The lowest BCUT2D eigenvalue weighted by Crippen LogP contribution is -2.34. The van der Waals surface area contributed by atoms with Crippen LogP contribution in [0.25, 0.3) is 0 Å².